The Morgan fingerprint density at radius 2 is 1.58 bits per heavy atom. The summed E-state index contributed by atoms with van der Waals surface area (Å²) in [4.78, 5) is 35.3. The summed E-state index contributed by atoms with van der Waals surface area (Å²) in [5, 5.41) is 0. The zero-order chi connectivity index (χ0) is 14.3. The first kappa shape index (κ1) is 14.9. The van der Waals surface area contributed by atoms with Crippen LogP contribution in [-0.4, -0.2) is 30.9 Å². The fourth-order valence-corrected chi connectivity index (χ4v) is 1.59. The van der Waals surface area contributed by atoms with E-state index in [1.807, 2.05) is 0 Å². The molecular weight excluding hydrogens is 248 g/mol. The molecule has 0 radical (unpaired) electrons. The second-order valence-corrected chi connectivity index (χ2v) is 3.68. The van der Waals surface area contributed by atoms with Crippen molar-refractivity contribution < 1.29 is 23.9 Å². The minimum Gasteiger partial charge on any atom is -0.465 e. The molecule has 0 aliphatic heterocycles. The summed E-state index contributed by atoms with van der Waals surface area (Å²) in [7, 11) is 0. The Labute approximate surface area is 111 Å². The fraction of sp³-hybridized carbons (Fsp3) is 0.357. The molecule has 1 rings (SSSR count). The van der Waals surface area contributed by atoms with Crippen LogP contribution in [0.15, 0.2) is 30.3 Å². The van der Waals surface area contributed by atoms with Gasteiger partial charge >= 0.3 is 11.9 Å². The maximum Gasteiger partial charge on any atom is 0.375 e. The third-order valence-corrected chi connectivity index (χ3v) is 2.39. The van der Waals surface area contributed by atoms with E-state index in [1.54, 1.807) is 44.2 Å². The Bertz CT molecular complexity index is 452. The molecule has 1 aromatic carbocycles. The molecule has 5 nitrogen and oxygen atoms in total. The number of hydrogen-bond acceptors (Lipinski definition) is 5. The van der Waals surface area contributed by atoms with Gasteiger partial charge in [0, 0.05) is 0 Å². The van der Waals surface area contributed by atoms with E-state index >= 15 is 0 Å². The first-order valence-electron chi connectivity index (χ1n) is 6.04. The fourth-order valence-electron chi connectivity index (χ4n) is 1.59. The lowest BCUT2D eigenvalue weighted by atomic mass is 9.95. The molecular formula is C14H16O5. The Hall–Kier alpha value is -2.17. The van der Waals surface area contributed by atoms with Crippen LogP contribution >= 0.6 is 0 Å². The van der Waals surface area contributed by atoms with Crippen LogP contribution in [0, 0.1) is 0 Å². The van der Waals surface area contributed by atoms with Crippen molar-refractivity contribution in [3.05, 3.63) is 35.9 Å². The lowest BCUT2D eigenvalue weighted by Crippen LogP contribution is -2.31. The van der Waals surface area contributed by atoms with E-state index in [4.69, 9.17) is 4.74 Å². The Morgan fingerprint density at radius 1 is 1.00 bits per heavy atom. The summed E-state index contributed by atoms with van der Waals surface area (Å²) < 4.78 is 9.48. The molecule has 5 heteroatoms. The van der Waals surface area contributed by atoms with E-state index in [-0.39, 0.29) is 13.2 Å². The summed E-state index contributed by atoms with van der Waals surface area (Å²) >= 11 is 0. The molecule has 0 saturated heterocycles. The summed E-state index contributed by atoms with van der Waals surface area (Å²) in [5.41, 5.74) is 0.416. The van der Waals surface area contributed by atoms with Crippen LogP contribution in [0.2, 0.25) is 0 Å². The van der Waals surface area contributed by atoms with Crippen molar-refractivity contribution in [3.8, 4) is 0 Å². The molecule has 0 fully saturated rings. The minimum absolute atomic E-state index is 0.0783. The number of hydrogen-bond donors (Lipinski definition) is 0. The van der Waals surface area contributed by atoms with E-state index in [9.17, 15) is 14.4 Å². The molecule has 0 spiro atoms. The number of benzene rings is 1. The average Bonchev–Trinajstić information content (AvgIpc) is 2.40. The Morgan fingerprint density at radius 3 is 2.11 bits per heavy atom. The van der Waals surface area contributed by atoms with Gasteiger partial charge in [0.05, 0.1) is 13.2 Å². The summed E-state index contributed by atoms with van der Waals surface area (Å²) in [5.74, 6) is -3.94. The van der Waals surface area contributed by atoms with Gasteiger partial charge in [-0.3, -0.25) is 9.59 Å². The van der Waals surface area contributed by atoms with Gasteiger partial charge in [-0.2, -0.15) is 0 Å². The topological polar surface area (TPSA) is 69.7 Å². The monoisotopic (exact) mass is 264 g/mol. The summed E-state index contributed by atoms with van der Waals surface area (Å²) in [6, 6.07) is 8.30. The zero-order valence-electron chi connectivity index (χ0n) is 10.9. The lowest BCUT2D eigenvalue weighted by Gasteiger charge is -2.13. The van der Waals surface area contributed by atoms with Gasteiger partial charge in [0.1, 0.15) is 0 Å². The third kappa shape index (κ3) is 3.91. The molecule has 102 valence electrons. The molecule has 0 unspecified atom stereocenters. The van der Waals surface area contributed by atoms with Gasteiger partial charge in [-0.25, -0.2) is 4.79 Å². The number of Topliss-reactive ketones (excluding diaryl/α,β-unsaturated/α-hetero) is 1. The highest BCUT2D eigenvalue weighted by Crippen LogP contribution is 2.19. The van der Waals surface area contributed by atoms with Gasteiger partial charge in [-0.15, -0.1) is 0 Å². The zero-order valence-corrected chi connectivity index (χ0v) is 10.9. The quantitative estimate of drug-likeness (QED) is 0.442. The molecule has 0 N–H and O–H groups in total. The summed E-state index contributed by atoms with van der Waals surface area (Å²) in [6.07, 6.45) is 0. The predicted octanol–water partition coefficient (Wildman–Crippen LogP) is 1.47. The number of esters is 2. The molecule has 0 saturated carbocycles. The van der Waals surface area contributed by atoms with Crippen LogP contribution < -0.4 is 0 Å². The van der Waals surface area contributed by atoms with Crippen molar-refractivity contribution in [2.45, 2.75) is 19.8 Å². The number of rotatable bonds is 6. The SMILES string of the molecule is CCOC(=O)C(=O)[C@@H](C(=O)OCC)c1ccccc1. The number of ether oxygens (including phenoxy) is 2. The van der Waals surface area contributed by atoms with Crippen LogP contribution in [-0.2, 0) is 23.9 Å². The molecule has 0 aliphatic carbocycles. The average molecular weight is 264 g/mol. The molecule has 0 heterocycles. The van der Waals surface area contributed by atoms with Gasteiger partial charge in [0.25, 0.3) is 5.78 Å². The number of ketones is 1. The number of carbonyl (C=O) groups excluding carboxylic acids is 3. The Kier molecular flexibility index (Phi) is 5.73. The first-order chi connectivity index (χ1) is 9.11. The lowest BCUT2D eigenvalue weighted by molar-refractivity contribution is -0.159. The van der Waals surface area contributed by atoms with Gasteiger partial charge < -0.3 is 9.47 Å². The van der Waals surface area contributed by atoms with Crippen molar-refractivity contribution in [3.63, 3.8) is 0 Å². The second-order valence-electron chi connectivity index (χ2n) is 3.68. The maximum absolute atomic E-state index is 12.0. The van der Waals surface area contributed by atoms with E-state index < -0.39 is 23.6 Å². The van der Waals surface area contributed by atoms with Crippen molar-refractivity contribution in [2.24, 2.45) is 0 Å². The summed E-state index contributed by atoms with van der Waals surface area (Å²) in [6.45, 7) is 3.44. The molecule has 0 bridgehead atoms. The highest BCUT2D eigenvalue weighted by molar-refractivity contribution is 6.39. The van der Waals surface area contributed by atoms with Crippen LogP contribution in [0.1, 0.15) is 25.3 Å². The van der Waals surface area contributed by atoms with E-state index in [1.165, 1.54) is 0 Å². The Balaban J connectivity index is 3.03. The van der Waals surface area contributed by atoms with Gasteiger partial charge in [0.15, 0.2) is 5.92 Å². The smallest absolute Gasteiger partial charge is 0.375 e. The minimum atomic E-state index is -1.26. The highest BCUT2D eigenvalue weighted by Gasteiger charge is 2.35. The molecule has 0 aromatic heterocycles. The van der Waals surface area contributed by atoms with E-state index in [0.717, 1.165) is 0 Å². The molecule has 19 heavy (non-hydrogen) atoms. The second kappa shape index (κ2) is 7.31. The van der Waals surface area contributed by atoms with Crippen molar-refractivity contribution in [1.82, 2.24) is 0 Å². The van der Waals surface area contributed by atoms with Crippen LogP contribution in [0.3, 0.4) is 0 Å². The van der Waals surface area contributed by atoms with Crippen molar-refractivity contribution in [1.29, 1.82) is 0 Å². The van der Waals surface area contributed by atoms with Crippen LogP contribution in [0.5, 0.6) is 0 Å². The first-order valence-corrected chi connectivity index (χ1v) is 6.04. The van der Waals surface area contributed by atoms with Crippen molar-refractivity contribution >= 4 is 17.7 Å². The third-order valence-electron chi connectivity index (χ3n) is 2.39. The van der Waals surface area contributed by atoms with E-state index in [0.29, 0.717) is 5.56 Å². The molecule has 1 aromatic rings. The van der Waals surface area contributed by atoms with Crippen LogP contribution in [0.4, 0.5) is 0 Å². The number of carbonyl (C=O) groups is 3. The normalized spacial score (nSPS) is 11.5. The largest absolute Gasteiger partial charge is 0.465 e. The molecule has 0 amide bonds. The standard InChI is InChI=1S/C14H16O5/c1-3-18-13(16)11(10-8-6-5-7-9-10)12(15)14(17)19-4-2/h5-9,11H,3-4H2,1-2H3/t11-/m0/s1. The van der Waals surface area contributed by atoms with E-state index in [2.05, 4.69) is 4.74 Å². The molecule has 0 aliphatic rings. The van der Waals surface area contributed by atoms with Crippen LogP contribution in [0.25, 0.3) is 0 Å². The predicted molar refractivity (Wildman–Crippen MR) is 67.5 cm³/mol. The van der Waals surface area contributed by atoms with Gasteiger partial charge in [0.2, 0.25) is 0 Å². The van der Waals surface area contributed by atoms with Gasteiger partial charge in [-0.05, 0) is 19.4 Å². The maximum atomic E-state index is 12.0. The molecule has 1 atom stereocenters. The highest BCUT2D eigenvalue weighted by atomic mass is 16.5. The van der Waals surface area contributed by atoms with Crippen molar-refractivity contribution in [2.75, 3.05) is 13.2 Å². The van der Waals surface area contributed by atoms with Gasteiger partial charge in [-0.1, -0.05) is 30.3 Å².